The smallest absolute Gasteiger partial charge is 0.315 e. The molecule has 0 aliphatic carbocycles. The van der Waals surface area contributed by atoms with Crippen LogP contribution in [0.4, 0.5) is 4.79 Å². The van der Waals surface area contributed by atoms with E-state index in [4.69, 9.17) is 0 Å². The maximum absolute atomic E-state index is 12.0. The molecule has 3 rings (SSSR count). The van der Waals surface area contributed by atoms with Crippen LogP contribution in [0.2, 0.25) is 0 Å². The van der Waals surface area contributed by atoms with Gasteiger partial charge in [0.05, 0.1) is 18.8 Å². The summed E-state index contributed by atoms with van der Waals surface area (Å²) in [5, 5.41) is 14.0. The Hall–Kier alpha value is -3.09. The summed E-state index contributed by atoms with van der Waals surface area (Å²) >= 11 is 0. The predicted molar refractivity (Wildman–Crippen MR) is 90.1 cm³/mol. The van der Waals surface area contributed by atoms with Gasteiger partial charge in [-0.25, -0.2) is 4.79 Å². The van der Waals surface area contributed by atoms with Crippen LogP contribution in [0, 0.1) is 0 Å². The Balaban J connectivity index is 1.54. The number of nitrogens with one attached hydrogen (secondary N) is 2. The number of hydrogen-bond acceptors (Lipinski definition) is 3. The molecule has 0 saturated carbocycles. The summed E-state index contributed by atoms with van der Waals surface area (Å²) in [6.07, 6.45) is 5.39. The van der Waals surface area contributed by atoms with Gasteiger partial charge < -0.3 is 10.6 Å². The largest absolute Gasteiger partial charge is 0.334 e. The van der Waals surface area contributed by atoms with Crippen LogP contribution in [0.25, 0.3) is 0 Å². The van der Waals surface area contributed by atoms with Crippen molar-refractivity contribution in [2.45, 2.75) is 19.6 Å². The molecule has 0 aliphatic rings. The first kappa shape index (κ1) is 15.8. The van der Waals surface area contributed by atoms with Crippen molar-refractivity contribution in [3.8, 4) is 0 Å². The van der Waals surface area contributed by atoms with E-state index in [-0.39, 0.29) is 6.03 Å². The SMILES string of the molecule is Cn1nccc1CNC(=O)NCc1ccccc1Cn1cccn1. The summed E-state index contributed by atoms with van der Waals surface area (Å²) < 4.78 is 3.60. The van der Waals surface area contributed by atoms with Crippen molar-refractivity contribution in [2.24, 2.45) is 7.05 Å². The third-order valence-electron chi connectivity index (χ3n) is 3.80. The van der Waals surface area contributed by atoms with Gasteiger partial charge in [-0.2, -0.15) is 10.2 Å². The minimum absolute atomic E-state index is 0.204. The molecule has 0 fully saturated rings. The third-order valence-corrected chi connectivity index (χ3v) is 3.80. The molecular weight excluding hydrogens is 304 g/mol. The van der Waals surface area contributed by atoms with Gasteiger partial charge in [-0.3, -0.25) is 9.36 Å². The van der Waals surface area contributed by atoms with Gasteiger partial charge in [0.15, 0.2) is 0 Å². The van der Waals surface area contributed by atoms with Crippen molar-refractivity contribution in [1.29, 1.82) is 0 Å². The summed E-state index contributed by atoms with van der Waals surface area (Å²) in [7, 11) is 1.85. The second-order valence-electron chi connectivity index (χ2n) is 5.45. The van der Waals surface area contributed by atoms with Crippen LogP contribution in [0.15, 0.2) is 55.0 Å². The molecule has 0 saturated heterocycles. The lowest BCUT2D eigenvalue weighted by molar-refractivity contribution is 0.240. The highest BCUT2D eigenvalue weighted by Crippen LogP contribution is 2.10. The molecule has 2 N–H and O–H groups in total. The first-order valence-corrected chi connectivity index (χ1v) is 7.75. The molecule has 0 radical (unpaired) electrons. The summed E-state index contributed by atoms with van der Waals surface area (Å²) in [6, 6.07) is 11.6. The normalized spacial score (nSPS) is 10.5. The van der Waals surface area contributed by atoms with Gasteiger partial charge in [0.1, 0.15) is 0 Å². The molecule has 3 aromatic rings. The number of benzene rings is 1. The molecule has 2 aromatic heterocycles. The van der Waals surface area contributed by atoms with E-state index in [0.29, 0.717) is 19.6 Å². The molecular formula is C17H20N6O. The number of aryl methyl sites for hydroxylation is 1. The molecule has 124 valence electrons. The van der Waals surface area contributed by atoms with Gasteiger partial charge in [0.25, 0.3) is 0 Å². The zero-order valence-electron chi connectivity index (χ0n) is 13.5. The van der Waals surface area contributed by atoms with E-state index in [0.717, 1.165) is 16.8 Å². The fraction of sp³-hybridized carbons (Fsp3) is 0.235. The standard InChI is InChI=1S/C17H20N6O/c1-22-16(7-9-20-22)12-19-17(24)18-11-14-5-2-3-6-15(14)13-23-10-4-8-21-23/h2-10H,11-13H2,1H3,(H2,18,19,24). The Labute approximate surface area is 140 Å². The number of carbonyl (C=O) groups excluding carboxylic acids is 1. The van der Waals surface area contributed by atoms with Crippen molar-refractivity contribution in [3.05, 3.63) is 71.8 Å². The van der Waals surface area contributed by atoms with Gasteiger partial charge in [0.2, 0.25) is 0 Å². The number of nitrogens with zero attached hydrogens (tertiary/aromatic N) is 4. The molecule has 7 nitrogen and oxygen atoms in total. The molecule has 2 amide bonds. The minimum Gasteiger partial charge on any atom is -0.334 e. The highest BCUT2D eigenvalue weighted by Gasteiger charge is 2.06. The lowest BCUT2D eigenvalue weighted by Gasteiger charge is -2.12. The van der Waals surface area contributed by atoms with Crippen LogP contribution < -0.4 is 10.6 Å². The third kappa shape index (κ3) is 4.01. The summed E-state index contributed by atoms with van der Waals surface area (Å²) in [5.74, 6) is 0. The topological polar surface area (TPSA) is 76.8 Å². The van der Waals surface area contributed by atoms with Crippen LogP contribution >= 0.6 is 0 Å². The minimum atomic E-state index is -0.204. The van der Waals surface area contributed by atoms with Crippen molar-refractivity contribution in [2.75, 3.05) is 0 Å². The van der Waals surface area contributed by atoms with E-state index in [1.807, 2.05) is 54.3 Å². The highest BCUT2D eigenvalue weighted by atomic mass is 16.2. The highest BCUT2D eigenvalue weighted by molar-refractivity contribution is 5.73. The maximum atomic E-state index is 12.0. The number of hydrogen-bond donors (Lipinski definition) is 2. The van der Waals surface area contributed by atoms with Crippen LogP contribution in [0.1, 0.15) is 16.8 Å². The molecule has 24 heavy (non-hydrogen) atoms. The van der Waals surface area contributed by atoms with E-state index in [9.17, 15) is 4.79 Å². The summed E-state index contributed by atoms with van der Waals surface area (Å²) in [6.45, 7) is 1.59. The first-order chi connectivity index (χ1) is 11.7. The van der Waals surface area contributed by atoms with Gasteiger partial charge in [-0.1, -0.05) is 24.3 Å². The average Bonchev–Trinajstić information content (AvgIpc) is 3.24. The molecule has 0 bridgehead atoms. The zero-order chi connectivity index (χ0) is 16.8. The Kier molecular flexibility index (Phi) is 4.90. The van der Waals surface area contributed by atoms with E-state index >= 15 is 0 Å². The van der Waals surface area contributed by atoms with Crippen molar-refractivity contribution >= 4 is 6.03 Å². The van der Waals surface area contributed by atoms with Crippen molar-refractivity contribution in [3.63, 3.8) is 0 Å². The Morgan fingerprint density at radius 2 is 1.79 bits per heavy atom. The van der Waals surface area contributed by atoms with Crippen LogP contribution in [0.3, 0.4) is 0 Å². The van der Waals surface area contributed by atoms with Crippen LogP contribution in [-0.2, 0) is 26.7 Å². The lowest BCUT2D eigenvalue weighted by atomic mass is 10.1. The lowest BCUT2D eigenvalue weighted by Crippen LogP contribution is -2.35. The molecule has 2 heterocycles. The fourth-order valence-corrected chi connectivity index (χ4v) is 2.44. The van der Waals surface area contributed by atoms with Crippen molar-refractivity contribution in [1.82, 2.24) is 30.2 Å². The van der Waals surface area contributed by atoms with E-state index < -0.39 is 0 Å². The number of aromatic nitrogens is 4. The Morgan fingerprint density at radius 1 is 1.00 bits per heavy atom. The number of urea groups is 1. The van der Waals surface area contributed by atoms with Crippen molar-refractivity contribution < 1.29 is 4.79 Å². The maximum Gasteiger partial charge on any atom is 0.315 e. The number of amides is 2. The Morgan fingerprint density at radius 3 is 2.50 bits per heavy atom. The van der Waals surface area contributed by atoms with E-state index in [1.54, 1.807) is 17.1 Å². The average molecular weight is 324 g/mol. The summed E-state index contributed by atoms with van der Waals surface area (Å²) in [5.41, 5.74) is 3.15. The second kappa shape index (κ2) is 7.45. The monoisotopic (exact) mass is 324 g/mol. The predicted octanol–water partition coefficient (Wildman–Crippen LogP) is 1.66. The molecule has 0 unspecified atom stereocenters. The molecule has 0 spiro atoms. The molecule has 0 aliphatic heterocycles. The fourth-order valence-electron chi connectivity index (χ4n) is 2.44. The second-order valence-corrected chi connectivity index (χ2v) is 5.45. The molecule has 1 aromatic carbocycles. The number of rotatable bonds is 6. The quantitative estimate of drug-likeness (QED) is 0.724. The molecule has 7 heteroatoms. The first-order valence-electron chi connectivity index (χ1n) is 7.75. The molecule has 0 atom stereocenters. The number of carbonyl (C=O) groups is 1. The Bertz CT molecular complexity index is 793. The van der Waals surface area contributed by atoms with Gasteiger partial charge in [-0.15, -0.1) is 0 Å². The van der Waals surface area contributed by atoms with Crippen LogP contribution in [0.5, 0.6) is 0 Å². The van der Waals surface area contributed by atoms with Gasteiger partial charge in [-0.05, 0) is 23.3 Å². The van der Waals surface area contributed by atoms with E-state index in [2.05, 4.69) is 20.8 Å². The van der Waals surface area contributed by atoms with Crippen LogP contribution in [-0.4, -0.2) is 25.6 Å². The van der Waals surface area contributed by atoms with E-state index in [1.165, 1.54) is 0 Å². The van der Waals surface area contributed by atoms with Gasteiger partial charge >= 0.3 is 6.03 Å². The zero-order valence-corrected chi connectivity index (χ0v) is 13.5. The summed E-state index contributed by atoms with van der Waals surface area (Å²) in [4.78, 5) is 12.0. The van der Waals surface area contributed by atoms with Gasteiger partial charge in [0, 0.05) is 32.2 Å².